The van der Waals surface area contributed by atoms with E-state index in [1.165, 1.54) is 20.6 Å². The Morgan fingerprint density at radius 3 is 1.55 bits per heavy atom. The summed E-state index contributed by atoms with van der Waals surface area (Å²) in [5, 5.41) is 36.4. The van der Waals surface area contributed by atoms with Crippen molar-refractivity contribution in [2.75, 3.05) is 14.2 Å². The third-order valence-electron chi connectivity index (χ3n) is 11.2. The molecule has 0 aromatic carbocycles. The second-order valence-electron chi connectivity index (χ2n) is 15.0. The van der Waals surface area contributed by atoms with Crippen LogP contribution in [0, 0.1) is 0 Å². The second kappa shape index (κ2) is 19.6. The molecule has 12 nitrogen and oxygen atoms in total. The van der Waals surface area contributed by atoms with Crippen molar-refractivity contribution in [3.63, 3.8) is 0 Å². The molecule has 6 heterocycles. The predicted octanol–water partition coefficient (Wildman–Crippen LogP) is 0.431. The first-order chi connectivity index (χ1) is 28.1. The summed E-state index contributed by atoms with van der Waals surface area (Å²) in [5.41, 5.74) is 7.08. The topological polar surface area (TPSA) is 174 Å². The third-order valence-corrected chi connectivity index (χ3v) is 23.4. The van der Waals surface area contributed by atoms with Crippen LogP contribution in [0.5, 0.6) is 0 Å². The molecule has 3 fully saturated rings. The van der Waals surface area contributed by atoms with Crippen molar-refractivity contribution in [3.05, 3.63) is 98.4 Å². The van der Waals surface area contributed by atoms with Crippen molar-refractivity contribution < 1.29 is 61.8 Å². The molecule has 3 aliphatic carbocycles. The minimum Gasteiger partial charge on any atom is -1.00 e. The first-order valence-corrected chi connectivity index (χ1v) is 26.4. The Kier molecular flexibility index (Phi) is 15.6. The van der Waals surface area contributed by atoms with E-state index in [0.29, 0.717) is 16.7 Å². The molecule has 6 aromatic rings. The number of carbonyl (C=O) groups excluding carboxylic acids is 3. The number of ether oxygens (including phenoxy) is 2. The number of primary amides is 1. The molecule has 320 valence electrons. The first kappa shape index (κ1) is 47.7. The molecular weight excluding hydrogens is 1190 g/mol. The Morgan fingerprint density at radius 1 is 0.667 bits per heavy atom. The van der Waals surface area contributed by atoms with E-state index in [4.69, 9.17) is 15.2 Å². The average molecular weight is 1230 g/mol. The molecule has 0 unspecified atom stereocenters. The van der Waals surface area contributed by atoms with Crippen LogP contribution in [0.25, 0.3) is 16.6 Å². The van der Waals surface area contributed by atoms with Gasteiger partial charge in [-0.25, -0.2) is 0 Å². The summed E-state index contributed by atoms with van der Waals surface area (Å²) in [5.74, 6) is -1.14. The number of methoxy groups -OCH3 is 2. The molecule has 3 N–H and O–H groups in total. The summed E-state index contributed by atoms with van der Waals surface area (Å²) >= 11 is 10.7. The Balaban J connectivity index is 0.000000150. The van der Waals surface area contributed by atoms with E-state index in [1.54, 1.807) is 30.3 Å². The fraction of sp³-hybridized carbons (Fsp3) is 0.415. The van der Waals surface area contributed by atoms with E-state index in [9.17, 15) is 29.7 Å². The zero-order chi connectivity index (χ0) is 42.3. The van der Waals surface area contributed by atoms with Crippen LogP contribution in [0.1, 0.15) is 121 Å². The van der Waals surface area contributed by atoms with Crippen molar-refractivity contribution in [3.8, 4) is 0 Å². The molecule has 3 saturated carbocycles. The fourth-order valence-corrected chi connectivity index (χ4v) is 18.9. The number of hydrogen-bond acceptors (Lipinski definition) is 8. The van der Waals surface area contributed by atoms with Gasteiger partial charge in [0, 0.05) is 0 Å². The van der Waals surface area contributed by atoms with Gasteiger partial charge in [0.15, 0.2) is 0 Å². The van der Waals surface area contributed by atoms with Gasteiger partial charge in [-0.15, -0.1) is 0 Å². The Hall–Kier alpha value is -1.75. The van der Waals surface area contributed by atoms with Crippen LogP contribution in [0.3, 0.4) is 0 Å². The summed E-state index contributed by atoms with van der Waals surface area (Å²) in [7, 11) is 2.73. The molecule has 0 aliphatic heterocycles. The molecule has 19 heteroatoms. The maximum Gasteiger partial charge on any atom is -1.00 e. The molecule has 0 saturated heterocycles. The zero-order valence-electron chi connectivity index (χ0n) is 32.6. The molecule has 60 heavy (non-hydrogen) atoms. The van der Waals surface area contributed by atoms with Crippen LogP contribution < -0.4 is 38.5 Å². The number of carbonyl (C=O) groups is 3. The Labute approximate surface area is 396 Å². The van der Waals surface area contributed by atoms with E-state index in [2.05, 4.69) is 54.6 Å². The first-order valence-electron chi connectivity index (χ1n) is 19.2. The summed E-state index contributed by atoms with van der Waals surface area (Å²) < 4.78 is 21.2. The van der Waals surface area contributed by atoms with Crippen LogP contribution in [0.4, 0.5) is 0 Å². The molecular formula is C41H42Br3ClN4O8Se3. The molecule has 0 spiro atoms. The van der Waals surface area contributed by atoms with Gasteiger partial charge in [0.25, 0.3) is 0 Å². The molecule has 9 rings (SSSR count). The standard InChI is InChI=1S/C14H15BrN2O2Se.C14H14BrNO3Se.C13H12BrNO3Se.ClH/c15-10-11-9(13(16)18)5-4-8-17(11)20-12(10)14(19)6-2-1-3-7-14;1-19-13(17)9-4-7-16-10(8-9)11(15)12(20-16)14(18)5-2-3-6-14;1-18-12(16)8-3-6-15-9(7-8)10(14)11(19-15)13(17)4-2-5-13;/h4-5,8,19H,1-3,6-7H2,(H-,16,18);4,7-8H,2-3,5-6H2,1H3;3,6-7H,2,4-5H2,1H3;1H. The van der Waals surface area contributed by atoms with Gasteiger partial charge in [-0.05, 0) is 0 Å². The molecule has 3 aliphatic rings. The minimum absolute atomic E-state index is 0. The van der Waals surface area contributed by atoms with Gasteiger partial charge < -0.3 is 12.4 Å². The number of aromatic nitrogens is 3. The quantitative estimate of drug-likeness (QED) is 0.179. The van der Waals surface area contributed by atoms with Crippen molar-refractivity contribution >= 4 is 126 Å². The minimum atomic E-state index is -0.920. The van der Waals surface area contributed by atoms with Crippen LogP contribution in [0.2, 0.25) is 0 Å². The number of hydrogen-bond donors (Lipinski definition) is 2. The number of nitrogens with two attached hydrogens (primary N) is 1. The fourth-order valence-electron chi connectivity index (χ4n) is 7.80. The second-order valence-corrected chi connectivity index (χ2v) is 23.6. The van der Waals surface area contributed by atoms with Crippen molar-refractivity contribution in [1.29, 1.82) is 0 Å². The Morgan fingerprint density at radius 2 is 1.12 bits per heavy atom. The number of halogens is 4. The number of esters is 2. The van der Waals surface area contributed by atoms with Gasteiger partial charge >= 0.3 is 388 Å². The van der Waals surface area contributed by atoms with E-state index < -0.39 is 22.7 Å². The summed E-state index contributed by atoms with van der Waals surface area (Å²) in [4.78, 5) is 34.7. The molecule has 0 atom stereocenters. The van der Waals surface area contributed by atoms with E-state index in [1.807, 2.05) is 28.1 Å². The summed E-state index contributed by atoms with van der Waals surface area (Å²) in [6, 6.07) is 10.6. The van der Waals surface area contributed by atoms with Crippen molar-refractivity contribution in [1.82, 2.24) is 0 Å². The van der Waals surface area contributed by atoms with Gasteiger partial charge in [0.1, 0.15) is 0 Å². The number of pyridine rings is 3. The third kappa shape index (κ3) is 9.39. The van der Waals surface area contributed by atoms with Gasteiger partial charge in [0.2, 0.25) is 0 Å². The van der Waals surface area contributed by atoms with E-state index in [-0.39, 0.29) is 68.5 Å². The van der Waals surface area contributed by atoms with Crippen LogP contribution >= 0.6 is 47.8 Å². The molecule has 0 radical (unpaired) electrons. The number of rotatable bonds is 6. The van der Waals surface area contributed by atoms with E-state index >= 15 is 0 Å². The zero-order valence-corrected chi connectivity index (χ0v) is 43.3. The SMILES string of the molecule is COC(=O)c1cc[n+]2[se]c(C3([O-])CCC3)c(Br)c2c1.COC(=O)c1cc[n+]2[se]c(C3([O-])CCCC3)c(Br)c2c1.NC(=O)c1ccc[n+]2[se]c(C3(O)CCCCC3)c(Br)c12.[Cl-]. The summed E-state index contributed by atoms with van der Waals surface area (Å²) in [6.45, 7) is 0. The number of nitrogens with zero attached hydrogens (tertiary/aromatic N) is 3. The van der Waals surface area contributed by atoms with Crippen molar-refractivity contribution in [2.24, 2.45) is 5.73 Å². The van der Waals surface area contributed by atoms with Crippen LogP contribution in [-0.2, 0) is 26.3 Å². The average Bonchev–Trinajstić information content (AvgIpc) is 4.00. The molecule has 6 aromatic heterocycles. The maximum atomic E-state index is 12.9. The monoisotopic (exact) mass is 1230 g/mol. The smallest absolute Gasteiger partial charge is 1.00 e. The Bertz CT molecular complexity index is 2580. The van der Waals surface area contributed by atoms with Gasteiger partial charge in [-0.2, -0.15) is 0 Å². The van der Waals surface area contributed by atoms with Crippen LogP contribution in [-0.4, -0.2) is 81.4 Å². The number of aliphatic hydroxyl groups is 1. The van der Waals surface area contributed by atoms with Gasteiger partial charge in [0.05, 0.1) is 0 Å². The largest absolute Gasteiger partial charge is 1.00 e. The number of amides is 1. The summed E-state index contributed by atoms with van der Waals surface area (Å²) in [6.07, 6.45) is 16.5. The normalized spacial score (nSPS) is 17.4. The maximum absolute atomic E-state index is 12.9. The van der Waals surface area contributed by atoms with Gasteiger partial charge in [-0.3, -0.25) is 0 Å². The predicted molar refractivity (Wildman–Crippen MR) is 227 cm³/mol. The number of fused-ring (bicyclic) bond motifs is 3. The van der Waals surface area contributed by atoms with Crippen LogP contribution in [0.15, 0.2) is 68.4 Å². The molecule has 0 bridgehead atoms. The molecule has 1 amide bonds. The van der Waals surface area contributed by atoms with Crippen molar-refractivity contribution in [2.45, 2.75) is 93.9 Å². The van der Waals surface area contributed by atoms with E-state index in [0.717, 1.165) is 114 Å². The van der Waals surface area contributed by atoms with Gasteiger partial charge in [-0.1, -0.05) is 0 Å².